The van der Waals surface area contributed by atoms with Crippen LogP contribution in [0, 0.1) is 11.7 Å². The maximum Gasteiger partial charge on any atom is 0.261 e. The van der Waals surface area contributed by atoms with Crippen molar-refractivity contribution in [2.45, 2.75) is 26.3 Å². The molecule has 3 rings (SSSR count). The van der Waals surface area contributed by atoms with Crippen molar-refractivity contribution in [1.82, 2.24) is 25.7 Å². The second-order valence-electron chi connectivity index (χ2n) is 7.46. The summed E-state index contributed by atoms with van der Waals surface area (Å²) < 4.78 is 15.6. The molecule has 0 aliphatic carbocycles. The molecule has 3 N–H and O–H groups in total. The van der Waals surface area contributed by atoms with Crippen LogP contribution in [0.5, 0.6) is 0 Å². The summed E-state index contributed by atoms with van der Waals surface area (Å²) in [4.78, 5) is 41.6. The lowest BCUT2D eigenvalue weighted by atomic mass is 10.0. The van der Waals surface area contributed by atoms with Crippen molar-refractivity contribution in [3.8, 4) is 0 Å². The molecule has 8 nitrogen and oxygen atoms in total. The van der Waals surface area contributed by atoms with Gasteiger partial charge in [-0.2, -0.15) is 0 Å². The standard InChI is InChI=1S/C22H24FN5O3/c1-13(2)20(25-21(30)14-8-4-5-9-15(14)23)22(31)27-26-19(29)12-18-24-16-10-6-7-11-17(16)28(18)3/h4-11,13,20H,12H2,1-3H3,(H,25,30)(H,26,29)(H,27,31). The van der Waals surface area contributed by atoms with Gasteiger partial charge in [-0.3, -0.25) is 25.2 Å². The monoisotopic (exact) mass is 425 g/mol. The van der Waals surface area contributed by atoms with Crippen molar-refractivity contribution >= 4 is 28.8 Å². The van der Waals surface area contributed by atoms with Gasteiger partial charge in [0.1, 0.15) is 17.7 Å². The number of aromatic nitrogens is 2. The third-order valence-electron chi connectivity index (χ3n) is 4.88. The number of hydrogen-bond donors (Lipinski definition) is 3. The number of nitrogens with one attached hydrogen (secondary N) is 3. The Labute approximate surface area is 178 Å². The van der Waals surface area contributed by atoms with E-state index in [1.807, 2.05) is 35.9 Å². The third kappa shape index (κ3) is 5.06. The highest BCUT2D eigenvalue weighted by Gasteiger charge is 2.26. The number of fused-ring (bicyclic) bond motifs is 1. The second-order valence-corrected chi connectivity index (χ2v) is 7.46. The van der Waals surface area contributed by atoms with Gasteiger partial charge in [0, 0.05) is 7.05 Å². The van der Waals surface area contributed by atoms with Crippen LogP contribution in [0.15, 0.2) is 48.5 Å². The van der Waals surface area contributed by atoms with E-state index in [1.54, 1.807) is 13.8 Å². The minimum Gasteiger partial charge on any atom is -0.340 e. The van der Waals surface area contributed by atoms with Crippen LogP contribution >= 0.6 is 0 Å². The molecule has 0 radical (unpaired) electrons. The molecule has 0 aliphatic rings. The average molecular weight is 425 g/mol. The number of benzene rings is 2. The SMILES string of the molecule is CC(C)C(NC(=O)c1ccccc1F)C(=O)NNC(=O)Cc1nc2ccccc2n1C. The van der Waals surface area contributed by atoms with Gasteiger partial charge < -0.3 is 9.88 Å². The van der Waals surface area contributed by atoms with Gasteiger partial charge in [-0.1, -0.05) is 38.1 Å². The summed E-state index contributed by atoms with van der Waals surface area (Å²) in [7, 11) is 1.81. The van der Waals surface area contributed by atoms with Crippen LogP contribution in [0.2, 0.25) is 0 Å². The van der Waals surface area contributed by atoms with Gasteiger partial charge in [-0.15, -0.1) is 0 Å². The van der Waals surface area contributed by atoms with Gasteiger partial charge in [0.15, 0.2) is 0 Å². The first-order valence-electron chi connectivity index (χ1n) is 9.82. The molecule has 31 heavy (non-hydrogen) atoms. The van der Waals surface area contributed by atoms with E-state index in [9.17, 15) is 18.8 Å². The minimum atomic E-state index is -0.969. The van der Waals surface area contributed by atoms with Gasteiger partial charge >= 0.3 is 0 Å². The number of carbonyl (C=O) groups is 3. The lowest BCUT2D eigenvalue weighted by Crippen LogP contribution is -2.54. The second kappa shape index (κ2) is 9.38. The highest BCUT2D eigenvalue weighted by Crippen LogP contribution is 2.14. The maximum absolute atomic E-state index is 13.8. The summed E-state index contributed by atoms with van der Waals surface area (Å²) in [5.74, 6) is -2.22. The number of nitrogens with zero attached hydrogens (tertiary/aromatic N) is 2. The molecule has 0 aliphatic heterocycles. The first-order chi connectivity index (χ1) is 14.8. The number of halogens is 1. The van der Waals surface area contributed by atoms with Crippen molar-refractivity contribution in [1.29, 1.82) is 0 Å². The first kappa shape index (κ1) is 21.9. The topological polar surface area (TPSA) is 105 Å². The Morgan fingerprint density at radius 3 is 2.39 bits per heavy atom. The molecule has 9 heteroatoms. The zero-order valence-corrected chi connectivity index (χ0v) is 17.5. The summed E-state index contributed by atoms with van der Waals surface area (Å²) in [6.07, 6.45) is -0.0423. The van der Waals surface area contributed by atoms with E-state index >= 15 is 0 Å². The molecule has 162 valence electrons. The Kier molecular flexibility index (Phi) is 6.64. The molecule has 1 atom stereocenters. The molecule has 0 spiro atoms. The lowest BCUT2D eigenvalue weighted by molar-refractivity contribution is -0.130. The predicted molar refractivity (Wildman–Crippen MR) is 113 cm³/mol. The van der Waals surface area contributed by atoms with Gasteiger partial charge in [0.05, 0.1) is 23.0 Å². The number of amides is 3. The zero-order valence-electron chi connectivity index (χ0n) is 17.5. The Morgan fingerprint density at radius 2 is 1.71 bits per heavy atom. The number of para-hydroxylation sites is 2. The smallest absolute Gasteiger partial charge is 0.261 e. The van der Waals surface area contributed by atoms with Crippen molar-refractivity contribution in [2.24, 2.45) is 13.0 Å². The van der Waals surface area contributed by atoms with E-state index in [-0.39, 0.29) is 17.9 Å². The Balaban J connectivity index is 1.60. The number of hydrazine groups is 1. The molecule has 3 amide bonds. The summed E-state index contributed by atoms with van der Waals surface area (Å²) in [5.41, 5.74) is 6.17. The first-order valence-corrected chi connectivity index (χ1v) is 9.82. The Hall–Kier alpha value is -3.75. The normalized spacial score (nSPS) is 11.9. The number of rotatable bonds is 6. The molecule has 0 bridgehead atoms. The fourth-order valence-corrected chi connectivity index (χ4v) is 3.15. The van der Waals surface area contributed by atoms with E-state index < -0.39 is 29.6 Å². The van der Waals surface area contributed by atoms with Crippen molar-refractivity contribution in [3.05, 3.63) is 65.7 Å². The van der Waals surface area contributed by atoms with E-state index in [0.29, 0.717) is 5.82 Å². The Bertz CT molecular complexity index is 1130. The van der Waals surface area contributed by atoms with Crippen LogP contribution in [0.25, 0.3) is 11.0 Å². The summed E-state index contributed by atoms with van der Waals surface area (Å²) in [6.45, 7) is 3.46. The van der Waals surface area contributed by atoms with Crippen LogP contribution in [0.3, 0.4) is 0 Å². The van der Waals surface area contributed by atoms with Crippen molar-refractivity contribution in [3.63, 3.8) is 0 Å². The minimum absolute atomic E-state index is 0.0423. The molecule has 0 saturated carbocycles. The van der Waals surface area contributed by atoms with Crippen molar-refractivity contribution in [2.75, 3.05) is 0 Å². The van der Waals surface area contributed by atoms with Crippen LogP contribution in [-0.4, -0.2) is 33.3 Å². The molecule has 1 aromatic heterocycles. The van der Waals surface area contributed by atoms with Crippen LogP contribution in [0.1, 0.15) is 30.0 Å². The fourth-order valence-electron chi connectivity index (χ4n) is 3.15. The van der Waals surface area contributed by atoms with Gasteiger partial charge in [-0.05, 0) is 30.2 Å². The maximum atomic E-state index is 13.8. The molecule has 2 aromatic carbocycles. The van der Waals surface area contributed by atoms with E-state index in [2.05, 4.69) is 21.2 Å². The molecular weight excluding hydrogens is 401 g/mol. The van der Waals surface area contributed by atoms with Crippen LogP contribution < -0.4 is 16.2 Å². The predicted octanol–water partition coefficient (Wildman–Crippen LogP) is 1.86. The average Bonchev–Trinajstić information content (AvgIpc) is 3.05. The number of aryl methyl sites for hydroxylation is 1. The quantitative estimate of drug-likeness (QED) is 0.524. The van der Waals surface area contributed by atoms with Gasteiger partial charge in [-0.25, -0.2) is 9.37 Å². The van der Waals surface area contributed by atoms with Crippen LogP contribution in [-0.2, 0) is 23.1 Å². The number of hydrogen-bond acceptors (Lipinski definition) is 4. The largest absolute Gasteiger partial charge is 0.340 e. The highest BCUT2D eigenvalue weighted by atomic mass is 19.1. The molecule has 0 saturated heterocycles. The zero-order chi connectivity index (χ0) is 22.5. The molecular formula is C22H24FN5O3. The summed E-state index contributed by atoms with van der Waals surface area (Å²) in [6, 6.07) is 12.0. The highest BCUT2D eigenvalue weighted by molar-refractivity contribution is 5.98. The van der Waals surface area contributed by atoms with Crippen molar-refractivity contribution < 1.29 is 18.8 Å². The number of imidazole rings is 1. The molecule has 1 unspecified atom stereocenters. The third-order valence-corrected chi connectivity index (χ3v) is 4.88. The van der Waals surface area contributed by atoms with E-state index in [0.717, 1.165) is 11.0 Å². The molecule has 0 fully saturated rings. The lowest BCUT2D eigenvalue weighted by Gasteiger charge is -2.22. The summed E-state index contributed by atoms with van der Waals surface area (Å²) in [5, 5.41) is 2.51. The van der Waals surface area contributed by atoms with E-state index in [1.165, 1.54) is 24.3 Å². The van der Waals surface area contributed by atoms with Gasteiger partial charge in [0.25, 0.3) is 11.8 Å². The van der Waals surface area contributed by atoms with Crippen LogP contribution in [0.4, 0.5) is 4.39 Å². The fraction of sp³-hybridized carbons (Fsp3) is 0.273. The molecule has 1 heterocycles. The molecule has 3 aromatic rings. The van der Waals surface area contributed by atoms with E-state index in [4.69, 9.17) is 0 Å². The Morgan fingerprint density at radius 1 is 1.03 bits per heavy atom. The number of carbonyl (C=O) groups excluding carboxylic acids is 3. The summed E-state index contributed by atoms with van der Waals surface area (Å²) >= 11 is 0. The van der Waals surface area contributed by atoms with Gasteiger partial charge in [0.2, 0.25) is 5.91 Å².